The van der Waals surface area contributed by atoms with Gasteiger partial charge in [0.05, 0.1) is 11.6 Å². The molecule has 162 valence electrons. The Morgan fingerprint density at radius 1 is 1.00 bits per heavy atom. The molecule has 7 heteroatoms. The highest BCUT2D eigenvalue weighted by molar-refractivity contribution is 5.95. The molecule has 0 fully saturated rings. The number of hydrogen-bond acceptors (Lipinski definition) is 5. The molecule has 4 aromatic rings. The van der Waals surface area contributed by atoms with Crippen LogP contribution in [0.25, 0.3) is 5.82 Å². The van der Waals surface area contributed by atoms with Crippen LogP contribution in [0.15, 0.2) is 72.8 Å². The Balaban J connectivity index is 1.39. The zero-order valence-corrected chi connectivity index (χ0v) is 18.3. The molecule has 4 rings (SSSR count). The first-order chi connectivity index (χ1) is 15.5. The minimum absolute atomic E-state index is 0.0297. The van der Waals surface area contributed by atoms with Gasteiger partial charge < -0.3 is 10.1 Å². The van der Waals surface area contributed by atoms with Crippen LogP contribution < -0.4 is 10.1 Å². The summed E-state index contributed by atoms with van der Waals surface area (Å²) < 4.78 is 7.53. The fourth-order valence-corrected chi connectivity index (χ4v) is 3.56. The first-order valence-corrected chi connectivity index (χ1v) is 10.5. The van der Waals surface area contributed by atoms with Gasteiger partial charge in [-0.25, -0.2) is 4.68 Å². The molecule has 2 aromatic heterocycles. The van der Waals surface area contributed by atoms with Crippen LogP contribution in [0.1, 0.15) is 36.2 Å². The number of aromatic nitrogens is 4. The first kappa shape index (κ1) is 21.2. The molecule has 2 aromatic carbocycles. The lowest BCUT2D eigenvalue weighted by Crippen LogP contribution is -2.20. The van der Waals surface area contributed by atoms with E-state index in [4.69, 9.17) is 4.74 Å². The quantitative estimate of drug-likeness (QED) is 0.438. The van der Waals surface area contributed by atoms with E-state index in [1.807, 2.05) is 75.4 Å². The summed E-state index contributed by atoms with van der Waals surface area (Å²) in [4.78, 5) is 12.7. The van der Waals surface area contributed by atoms with Crippen LogP contribution in [0.3, 0.4) is 0 Å². The number of benzene rings is 2. The van der Waals surface area contributed by atoms with Crippen LogP contribution in [0.5, 0.6) is 11.6 Å². The third kappa shape index (κ3) is 4.83. The zero-order valence-electron chi connectivity index (χ0n) is 18.3. The lowest BCUT2D eigenvalue weighted by molar-refractivity contribution is -0.117. The Bertz CT molecular complexity index is 1190. The second kappa shape index (κ2) is 9.43. The minimum Gasteiger partial charge on any atom is -0.438 e. The monoisotopic (exact) mass is 427 g/mol. The van der Waals surface area contributed by atoms with Crippen LogP contribution in [0, 0.1) is 13.8 Å². The molecule has 1 amide bonds. The van der Waals surface area contributed by atoms with Gasteiger partial charge in [-0.15, -0.1) is 10.2 Å². The van der Waals surface area contributed by atoms with E-state index in [0.717, 1.165) is 23.4 Å². The molecule has 0 aliphatic heterocycles. The summed E-state index contributed by atoms with van der Waals surface area (Å²) in [6, 6.07) is 22.5. The number of ether oxygens (including phenoxy) is 1. The second-order valence-corrected chi connectivity index (χ2v) is 7.56. The van der Waals surface area contributed by atoms with Crippen LogP contribution in [-0.4, -0.2) is 25.9 Å². The molecule has 1 N–H and O–H groups in total. The Morgan fingerprint density at radius 3 is 2.34 bits per heavy atom. The van der Waals surface area contributed by atoms with Crippen molar-refractivity contribution >= 4 is 11.6 Å². The number of carbonyl (C=O) groups is 1. The van der Waals surface area contributed by atoms with Gasteiger partial charge in [-0.05, 0) is 62.2 Å². The van der Waals surface area contributed by atoms with Crippen molar-refractivity contribution < 1.29 is 9.53 Å². The van der Waals surface area contributed by atoms with E-state index in [1.54, 1.807) is 22.9 Å². The number of nitrogens with one attached hydrogen (secondary N) is 1. The Labute approximate surface area is 187 Å². The van der Waals surface area contributed by atoms with Crippen LogP contribution in [-0.2, 0) is 4.79 Å². The number of carbonyl (C=O) groups excluding carboxylic acids is 1. The summed E-state index contributed by atoms with van der Waals surface area (Å²) in [5.74, 6) is 1.39. The smallest absolute Gasteiger partial charge is 0.238 e. The molecule has 1 unspecified atom stereocenters. The fraction of sp³-hybridized carbons (Fsp3) is 0.200. The van der Waals surface area contributed by atoms with Crippen molar-refractivity contribution in [2.45, 2.75) is 33.1 Å². The van der Waals surface area contributed by atoms with E-state index in [-0.39, 0.29) is 11.8 Å². The number of aryl methyl sites for hydroxylation is 2. The molecule has 0 radical (unpaired) electrons. The molecule has 32 heavy (non-hydrogen) atoms. The maximum atomic E-state index is 12.7. The summed E-state index contributed by atoms with van der Waals surface area (Å²) in [5, 5.41) is 15.7. The van der Waals surface area contributed by atoms with Gasteiger partial charge in [0.15, 0.2) is 5.82 Å². The fourth-order valence-electron chi connectivity index (χ4n) is 3.56. The van der Waals surface area contributed by atoms with E-state index in [1.165, 1.54) is 0 Å². The summed E-state index contributed by atoms with van der Waals surface area (Å²) >= 11 is 0. The Kier molecular flexibility index (Phi) is 6.26. The molecule has 2 heterocycles. The highest BCUT2D eigenvalue weighted by atomic mass is 16.5. The van der Waals surface area contributed by atoms with Gasteiger partial charge in [-0.1, -0.05) is 37.3 Å². The van der Waals surface area contributed by atoms with Crippen LogP contribution in [0.4, 0.5) is 5.69 Å². The number of anilines is 1. The number of amides is 1. The zero-order chi connectivity index (χ0) is 22.5. The Hall–Kier alpha value is -4.00. The van der Waals surface area contributed by atoms with Gasteiger partial charge in [0, 0.05) is 17.4 Å². The highest BCUT2D eigenvalue weighted by Gasteiger charge is 2.18. The van der Waals surface area contributed by atoms with Crippen LogP contribution in [0.2, 0.25) is 0 Å². The second-order valence-electron chi connectivity index (χ2n) is 7.56. The van der Waals surface area contributed by atoms with Crippen molar-refractivity contribution in [3.63, 3.8) is 0 Å². The topological polar surface area (TPSA) is 81.9 Å². The van der Waals surface area contributed by atoms with Gasteiger partial charge in [-0.3, -0.25) is 4.79 Å². The normalized spacial score (nSPS) is 11.7. The molecule has 0 aliphatic rings. The lowest BCUT2D eigenvalue weighted by atomic mass is 9.95. The molecule has 0 saturated heterocycles. The molecule has 0 bridgehead atoms. The molecule has 0 aliphatic carbocycles. The maximum Gasteiger partial charge on any atom is 0.238 e. The third-order valence-electron chi connectivity index (χ3n) is 5.12. The SMILES string of the molecule is CCC(C(=O)Nc1ccc(Oc2ccc(-n3nc(C)cc3C)nn2)cc1)c1ccccc1. The predicted molar refractivity (Wildman–Crippen MR) is 123 cm³/mol. The maximum absolute atomic E-state index is 12.7. The van der Waals surface area contributed by atoms with Gasteiger partial charge in [-0.2, -0.15) is 5.10 Å². The molecule has 7 nitrogen and oxygen atoms in total. The van der Waals surface area contributed by atoms with E-state index in [2.05, 4.69) is 20.6 Å². The van der Waals surface area contributed by atoms with Gasteiger partial charge in [0.1, 0.15) is 5.75 Å². The number of nitrogens with zero attached hydrogens (tertiary/aromatic N) is 4. The molecule has 1 atom stereocenters. The molecular weight excluding hydrogens is 402 g/mol. The minimum atomic E-state index is -0.192. The first-order valence-electron chi connectivity index (χ1n) is 10.5. The van der Waals surface area contributed by atoms with E-state index in [0.29, 0.717) is 23.1 Å². The van der Waals surface area contributed by atoms with E-state index in [9.17, 15) is 4.79 Å². The number of hydrogen-bond donors (Lipinski definition) is 1. The van der Waals surface area contributed by atoms with E-state index >= 15 is 0 Å². The molecular formula is C25H25N5O2. The average molecular weight is 428 g/mol. The van der Waals surface area contributed by atoms with E-state index < -0.39 is 0 Å². The van der Waals surface area contributed by atoms with Crippen LogP contribution >= 0.6 is 0 Å². The summed E-state index contributed by atoms with van der Waals surface area (Å²) in [5.41, 5.74) is 3.63. The average Bonchev–Trinajstić information content (AvgIpc) is 3.15. The largest absolute Gasteiger partial charge is 0.438 e. The van der Waals surface area contributed by atoms with Crippen molar-refractivity contribution in [2.75, 3.05) is 5.32 Å². The van der Waals surface area contributed by atoms with Crippen molar-refractivity contribution in [3.05, 3.63) is 89.7 Å². The van der Waals surface area contributed by atoms with Crippen molar-refractivity contribution in [3.8, 4) is 17.4 Å². The lowest BCUT2D eigenvalue weighted by Gasteiger charge is -2.15. The van der Waals surface area contributed by atoms with Gasteiger partial charge in [0.2, 0.25) is 11.8 Å². The third-order valence-corrected chi connectivity index (χ3v) is 5.12. The van der Waals surface area contributed by atoms with Crippen molar-refractivity contribution in [1.29, 1.82) is 0 Å². The Morgan fingerprint density at radius 2 is 1.75 bits per heavy atom. The summed E-state index contributed by atoms with van der Waals surface area (Å²) in [7, 11) is 0. The van der Waals surface area contributed by atoms with Crippen molar-refractivity contribution in [1.82, 2.24) is 20.0 Å². The van der Waals surface area contributed by atoms with Crippen molar-refractivity contribution in [2.24, 2.45) is 0 Å². The predicted octanol–water partition coefficient (Wildman–Crippen LogP) is 5.20. The highest BCUT2D eigenvalue weighted by Crippen LogP contribution is 2.24. The van der Waals surface area contributed by atoms with Gasteiger partial charge >= 0.3 is 0 Å². The van der Waals surface area contributed by atoms with Gasteiger partial charge in [0.25, 0.3) is 0 Å². The summed E-state index contributed by atoms with van der Waals surface area (Å²) in [6.45, 7) is 5.91. The summed E-state index contributed by atoms with van der Waals surface area (Å²) in [6.07, 6.45) is 0.726. The molecule has 0 saturated carbocycles. The standard InChI is InChI=1S/C25H25N5O2/c1-4-22(19-8-6-5-7-9-19)25(31)26-20-10-12-21(13-11-20)32-24-15-14-23(27-28-24)30-18(3)16-17(2)29-30/h5-16,22H,4H2,1-3H3,(H,26,31). The molecule has 0 spiro atoms. The number of rotatable bonds is 7.